The van der Waals surface area contributed by atoms with E-state index < -0.39 is 0 Å². The molecular weight excluding hydrogens is 346 g/mol. The fourth-order valence-electron chi connectivity index (χ4n) is 2.63. The molecule has 1 amide bonds. The monoisotopic (exact) mass is 368 g/mol. The lowest BCUT2D eigenvalue weighted by atomic mass is 10.2. The Balaban J connectivity index is 1.52. The summed E-state index contributed by atoms with van der Waals surface area (Å²) in [5.41, 5.74) is 2.89. The van der Waals surface area contributed by atoms with Gasteiger partial charge in [-0.15, -0.1) is 11.3 Å². The van der Waals surface area contributed by atoms with Gasteiger partial charge in [0.05, 0.1) is 14.2 Å². The van der Waals surface area contributed by atoms with E-state index in [0.29, 0.717) is 13.1 Å². The minimum atomic E-state index is -0.0221. The predicted molar refractivity (Wildman–Crippen MR) is 105 cm³/mol. The molecule has 0 aliphatic rings. The second kappa shape index (κ2) is 8.60. The van der Waals surface area contributed by atoms with E-state index in [0.717, 1.165) is 32.6 Å². The van der Waals surface area contributed by atoms with E-state index in [-0.39, 0.29) is 5.91 Å². The number of anilines is 1. The molecule has 2 N–H and O–H groups in total. The zero-order valence-corrected chi connectivity index (χ0v) is 15.7. The summed E-state index contributed by atoms with van der Waals surface area (Å²) in [5, 5.41) is 5.98. The van der Waals surface area contributed by atoms with Crippen LogP contribution in [-0.4, -0.2) is 31.6 Å². The number of ether oxygens (including phenoxy) is 1. The number of carbonyl (C=O) groups is 1. The third-order valence-corrected chi connectivity index (χ3v) is 4.83. The Labute approximate surface area is 157 Å². The molecule has 3 rings (SSSR count). The molecule has 0 spiro atoms. The Kier molecular flexibility index (Phi) is 5.99. The molecule has 0 saturated heterocycles. The standard InChI is InChI=1S/C20H21N3O2S/c1-23(13-19(24)21-16-8-10-18(25-2)11-9-16)12-17-14-26-20(22-17)15-6-4-3-5-7-15/h3-11,14H,12-13H2,1-2H3,(H,21,24)/p+1. The van der Waals surface area contributed by atoms with Crippen LogP contribution in [0.2, 0.25) is 0 Å². The van der Waals surface area contributed by atoms with Gasteiger partial charge in [0.2, 0.25) is 0 Å². The molecule has 0 saturated carbocycles. The molecule has 0 fully saturated rings. The van der Waals surface area contributed by atoms with E-state index in [1.54, 1.807) is 18.4 Å². The van der Waals surface area contributed by atoms with Crippen molar-refractivity contribution in [3.8, 4) is 16.3 Å². The lowest BCUT2D eigenvalue weighted by Crippen LogP contribution is -3.08. The number of rotatable bonds is 7. The number of benzene rings is 2. The van der Waals surface area contributed by atoms with Crippen LogP contribution in [0.15, 0.2) is 60.0 Å². The van der Waals surface area contributed by atoms with Crippen molar-refractivity contribution < 1.29 is 14.4 Å². The van der Waals surface area contributed by atoms with Crippen molar-refractivity contribution in [3.63, 3.8) is 0 Å². The first-order valence-electron chi connectivity index (χ1n) is 8.39. The van der Waals surface area contributed by atoms with Gasteiger partial charge in [0, 0.05) is 16.6 Å². The molecule has 3 aromatic rings. The Morgan fingerprint density at radius 3 is 2.58 bits per heavy atom. The van der Waals surface area contributed by atoms with Crippen molar-refractivity contribution in [2.45, 2.75) is 6.54 Å². The predicted octanol–water partition coefficient (Wildman–Crippen LogP) is 2.47. The van der Waals surface area contributed by atoms with Crippen LogP contribution >= 0.6 is 11.3 Å². The molecule has 0 aliphatic carbocycles. The summed E-state index contributed by atoms with van der Waals surface area (Å²) in [7, 11) is 3.61. The summed E-state index contributed by atoms with van der Waals surface area (Å²) >= 11 is 1.63. The van der Waals surface area contributed by atoms with Crippen LogP contribution in [0.1, 0.15) is 5.69 Å². The molecule has 5 nitrogen and oxygen atoms in total. The van der Waals surface area contributed by atoms with Crippen molar-refractivity contribution in [2.24, 2.45) is 0 Å². The first kappa shape index (κ1) is 18.1. The van der Waals surface area contributed by atoms with Gasteiger partial charge >= 0.3 is 0 Å². The quantitative estimate of drug-likeness (QED) is 0.674. The molecule has 2 aromatic carbocycles. The molecule has 1 aromatic heterocycles. The van der Waals surface area contributed by atoms with Crippen molar-refractivity contribution in [1.82, 2.24) is 4.98 Å². The van der Waals surface area contributed by atoms with Crippen molar-refractivity contribution in [1.29, 1.82) is 0 Å². The third-order valence-electron chi connectivity index (χ3n) is 3.89. The SMILES string of the molecule is COc1ccc(NC(=O)C[NH+](C)Cc2csc(-c3ccccc3)n2)cc1. The van der Waals surface area contributed by atoms with E-state index in [1.165, 1.54) is 0 Å². The minimum absolute atomic E-state index is 0.0221. The largest absolute Gasteiger partial charge is 0.497 e. The maximum Gasteiger partial charge on any atom is 0.279 e. The Morgan fingerprint density at radius 2 is 1.88 bits per heavy atom. The zero-order chi connectivity index (χ0) is 18.4. The Morgan fingerprint density at radius 1 is 1.15 bits per heavy atom. The third kappa shape index (κ3) is 4.91. The van der Waals surface area contributed by atoms with Crippen molar-refractivity contribution in [3.05, 3.63) is 65.7 Å². The number of likely N-dealkylation sites (N-methyl/N-ethyl adjacent to an activating group) is 1. The number of amides is 1. The van der Waals surface area contributed by atoms with Crippen LogP contribution in [-0.2, 0) is 11.3 Å². The van der Waals surface area contributed by atoms with E-state index in [9.17, 15) is 4.79 Å². The Hall–Kier alpha value is -2.70. The van der Waals surface area contributed by atoms with Gasteiger partial charge in [-0.1, -0.05) is 30.3 Å². The summed E-state index contributed by atoms with van der Waals surface area (Å²) in [6, 6.07) is 17.4. The second-order valence-electron chi connectivity index (χ2n) is 6.10. The van der Waals surface area contributed by atoms with Crippen LogP contribution in [0.25, 0.3) is 10.6 Å². The Bertz CT molecular complexity index is 847. The van der Waals surface area contributed by atoms with E-state index in [4.69, 9.17) is 4.74 Å². The highest BCUT2D eigenvalue weighted by atomic mass is 32.1. The molecule has 0 bridgehead atoms. The number of thiazole rings is 1. The van der Waals surface area contributed by atoms with Gasteiger partial charge in [-0.2, -0.15) is 0 Å². The average molecular weight is 368 g/mol. The normalized spacial score (nSPS) is 11.8. The summed E-state index contributed by atoms with van der Waals surface area (Å²) in [5.74, 6) is 0.745. The molecule has 1 atom stereocenters. The zero-order valence-electron chi connectivity index (χ0n) is 14.9. The maximum atomic E-state index is 12.2. The second-order valence-corrected chi connectivity index (χ2v) is 6.96. The van der Waals surface area contributed by atoms with Crippen molar-refractivity contribution in [2.75, 3.05) is 26.0 Å². The van der Waals surface area contributed by atoms with Gasteiger partial charge in [-0.25, -0.2) is 4.98 Å². The molecule has 1 unspecified atom stereocenters. The number of carbonyl (C=O) groups excluding carboxylic acids is 1. The van der Waals surface area contributed by atoms with Crippen LogP contribution in [0.3, 0.4) is 0 Å². The molecular formula is C20H22N3O2S+. The fourth-order valence-corrected chi connectivity index (χ4v) is 3.45. The minimum Gasteiger partial charge on any atom is -0.497 e. The first-order valence-corrected chi connectivity index (χ1v) is 9.27. The molecule has 0 radical (unpaired) electrons. The highest BCUT2D eigenvalue weighted by Gasteiger charge is 2.13. The van der Waals surface area contributed by atoms with Gasteiger partial charge in [0.25, 0.3) is 5.91 Å². The molecule has 0 aliphatic heterocycles. The number of quaternary nitrogens is 1. The summed E-state index contributed by atoms with van der Waals surface area (Å²) in [4.78, 5) is 18.0. The van der Waals surface area contributed by atoms with Crippen LogP contribution in [0.5, 0.6) is 5.75 Å². The number of hydrogen-bond acceptors (Lipinski definition) is 4. The number of nitrogens with zero attached hydrogens (tertiary/aromatic N) is 1. The van der Waals surface area contributed by atoms with Crippen LogP contribution < -0.4 is 15.0 Å². The van der Waals surface area contributed by atoms with E-state index in [2.05, 4.69) is 27.8 Å². The molecule has 134 valence electrons. The molecule has 1 heterocycles. The number of aromatic nitrogens is 1. The lowest BCUT2D eigenvalue weighted by molar-refractivity contribution is -0.885. The summed E-state index contributed by atoms with van der Waals surface area (Å²) in [6.07, 6.45) is 0. The van der Waals surface area contributed by atoms with Gasteiger partial charge in [0.15, 0.2) is 6.54 Å². The fraction of sp³-hybridized carbons (Fsp3) is 0.200. The van der Waals surface area contributed by atoms with Crippen LogP contribution in [0.4, 0.5) is 5.69 Å². The molecule has 6 heteroatoms. The average Bonchev–Trinajstić information content (AvgIpc) is 3.11. The van der Waals surface area contributed by atoms with Crippen molar-refractivity contribution >= 4 is 22.9 Å². The highest BCUT2D eigenvalue weighted by Crippen LogP contribution is 2.22. The number of nitrogens with one attached hydrogen (secondary N) is 2. The summed E-state index contributed by atoms with van der Waals surface area (Å²) in [6.45, 7) is 1.09. The van der Waals surface area contributed by atoms with Gasteiger partial charge in [0.1, 0.15) is 23.0 Å². The van der Waals surface area contributed by atoms with Gasteiger partial charge in [-0.3, -0.25) is 4.79 Å². The van der Waals surface area contributed by atoms with E-state index in [1.807, 2.05) is 49.5 Å². The molecule has 26 heavy (non-hydrogen) atoms. The highest BCUT2D eigenvalue weighted by molar-refractivity contribution is 7.13. The van der Waals surface area contributed by atoms with Gasteiger partial charge < -0.3 is 15.0 Å². The first-order chi connectivity index (χ1) is 12.6. The topological polar surface area (TPSA) is 55.7 Å². The van der Waals surface area contributed by atoms with E-state index >= 15 is 0 Å². The lowest BCUT2D eigenvalue weighted by Gasteiger charge is -2.12. The number of methoxy groups -OCH3 is 1. The smallest absolute Gasteiger partial charge is 0.279 e. The summed E-state index contributed by atoms with van der Waals surface area (Å²) < 4.78 is 5.12. The number of hydrogen-bond donors (Lipinski definition) is 2. The van der Waals surface area contributed by atoms with Crippen LogP contribution in [0, 0.1) is 0 Å². The maximum absolute atomic E-state index is 12.2. The van der Waals surface area contributed by atoms with Gasteiger partial charge in [-0.05, 0) is 24.3 Å².